The number of aliphatic hydroxyl groups is 1. The Morgan fingerprint density at radius 3 is 2.52 bits per heavy atom. The molecule has 0 aliphatic carbocycles. The number of ether oxygens (including phenoxy) is 2. The molecule has 0 saturated carbocycles. The minimum absolute atomic E-state index is 0.153. The molecule has 0 bridgehead atoms. The van der Waals surface area contributed by atoms with Crippen LogP contribution < -0.4 is 15.2 Å². The second-order valence-electron chi connectivity index (χ2n) is 4.69. The zero-order valence-corrected chi connectivity index (χ0v) is 12.0. The number of benzene rings is 1. The third-order valence-electron chi connectivity index (χ3n) is 3.07. The first kappa shape index (κ1) is 17.6. The summed E-state index contributed by atoms with van der Waals surface area (Å²) in [6.07, 6.45) is -3.31. The second kappa shape index (κ2) is 7.51. The van der Waals surface area contributed by atoms with Gasteiger partial charge in [0, 0.05) is 11.6 Å². The summed E-state index contributed by atoms with van der Waals surface area (Å²) < 4.78 is 45.4. The summed E-state index contributed by atoms with van der Waals surface area (Å²) in [5, 5.41) is 9.99. The van der Waals surface area contributed by atoms with Crippen molar-refractivity contribution >= 4 is 0 Å². The van der Waals surface area contributed by atoms with Gasteiger partial charge in [-0.15, -0.1) is 13.2 Å². The van der Waals surface area contributed by atoms with Gasteiger partial charge in [-0.2, -0.15) is 0 Å². The number of halogens is 3. The summed E-state index contributed by atoms with van der Waals surface area (Å²) in [4.78, 5) is 0. The molecule has 120 valence electrons. The summed E-state index contributed by atoms with van der Waals surface area (Å²) in [6.45, 7) is 1.99. The summed E-state index contributed by atoms with van der Waals surface area (Å²) in [5.41, 5.74) is 6.38. The second-order valence-corrected chi connectivity index (χ2v) is 4.69. The third kappa shape index (κ3) is 5.43. The predicted molar refractivity (Wildman–Crippen MR) is 72.1 cm³/mol. The lowest BCUT2D eigenvalue weighted by molar-refractivity contribution is -0.274. The largest absolute Gasteiger partial charge is 0.573 e. The monoisotopic (exact) mass is 307 g/mol. The van der Waals surface area contributed by atoms with E-state index in [1.165, 1.54) is 13.2 Å². The maximum Gasteiger partial charge on any atom is 0.573 e. The summed E-state index contributed by atoms with van der Waals surface area (Å²) >= 11 is 0. The van der Waals surface area contributed by atoms with Crippen molar-refractivity contribution in [3.63, 3.8) is 0 Å². The molecule has 0 amide bonds. The molecule has 0 fully saturated rings. The molecule has 2 atom stereocenters. The fourth-order valence-corrected chi connectivity index (χ4v) is 1.96. The van der Waals surface area contributed by atoms with Crippen molar-refractivity contribution in [3.05, 3.63) is 23.8 Å². The van der Waals surface area contributed by atoms with Crippen LogP contribution in [0.5, 0.6) is 11.5 Å². The molecule has 0 unspecified atom stereocenters. The normalized spacial score (nSPS) is 14.6. The highest BCUT2D eigenvalue weighted by atomic mass is 19.4. The Labute approximate surface area is 121 Å². The van der Waals surface area contributed by atoms with Crippen molar-refractivity contribution in [1.82, 2.24) is 0 Å². The van der Waals surface area contributed by atoms with Crippen LogP contribution in [0.15, 0.2) is 18.2 Å². The van der Waals surface area contributed by atoms with Crippen LogP contribution in [0.1, 0.15) is 37.8 Å². The van der Waals surface area contributed by atoms with E-state index in [4.69, 9.17) is 10.5 Å². The van der Waals surface area contributed by atoms with E-state index in [1.54, 1.807) is 0 Å². The topological polar surface area (TPSA) is 64.7 Å². The highest BCUT2D eigenvalue weighted by molar-refractivity contribution is 5.42. The van der Waals surface area contributed by atoms with Crippen LogP contribution in [-0.2, 0) is 0 Å². The molecular formula is C14H20F3NO3. The van der Waals surface area contributed by atoms with Gasteiger partial charge in [0.25, 0.3) is 0 Å². The third-order valence-corrected chi connectivity index (χ3v) is 3.07. The van der Waals surface area contributed by atoms with Gasteiger partial charge in [0.1, 0.15) is 11.5 Å². The quantitative estimate of drug-likeness (QED) is 0.812. The van der Waals surface area contributed by atoms with Crippen molar-refractivity contribution in [2.75, 3.05) is 7.11 Å². The molecule has 1 aromatic carbocycles. The number of nitrogens with two attached hydrogens (primary N) is 1. The number of unbranched alkanes of at least 4 members (excludes halogenated alkanes) is 1. The van der Waals surface area contributed by atoms with Crippen LogP contribution in [0.4, 0.5) is 13.2 Å². The van der Waals surface area contributed by atoms with Gasteiger partial charge in [-0.3, -0.25) is 0 Å². The van der Waals surface area contributed by atoms with E-state index >= 15 is 0 Å². The number of rotatable bonds is 7. The molecule has 1 rings (SSSR count). The van der Waals surface area contributed by atoms with Crippen LogP contribution in [-0.4, -0.2) is 24.7 Å². The molecule has 0 aromatic heterocycles. The van der Waals surface area contributed by atoms with Gasteiger partial charge in [-0.25, -0.2) is 0 Å². The minimum atomic E-state index is -4.77. The van der Waals surface area contributed by atoms with E-state index in [2.05, 4.69) is 4.74 Å². The van der Waals surface area contributed by atoms with Gasteiger partial charge in [-0.05, 0) is 18.6 Å². The first-order valence-electron chi connectivity index (χ1n) is 6.65. The molecule has 3 N–H and O–H groups in total. The van der Waals surface area contributed by atoms with Crippen LogP contribution in [0.2, 0.25) is 0 Å². The van der Waals surface area contributed by atoms with Gasteiger partial charge >= 0.3 is 6.36 Å². The molecule has 0 aliphatic rings. The van der Waals surface area contributed by atoms with Gasteiger partial charge in [-0.1, -0.05) is 19.8 Å². The zero-order chi connectivity index (χ0) is 16.0. The van der Waals surface area contributed by atoms with E-state index in [-0.39, 0.29) is 5.75 Å². The molecule has 4 nitrogen and oxygen atoms in total. The van der Waals surface area contributed by atoms with Gasteiger partial charge in [0.15, 0.2) is 0 Å². The van der Waals surface area contributed by atoms with Gasteiger partial charge in [0.2, 0.25) is 0 Å². The Bertz CT molecular complexity index is 452. The summed E-state index contributed by atoms with van der Waals surface area (Å²) in [7, 11) is 1.32. The molecule has 21 heavy (non-hydrogen) atoms. The average molecular weight is 307 g/mol. The lowest BCUT2D eigenvalue weighted by Crippen LogP contribution is -2.26. The van der Waals surface area contributed by atoms with Crippen molar-refractivity contribution < 1.29 is 27.8 Å². The van der Waals surface area contributed by atoms with Crippen molar-refractivity contribution in [2.45, 2.75) is 44.7 Å². The molecule has 0 saturated heterocycles. The van der Waals surface area contributed by atoms with Crippen molar-refractivity contribution in [2.24, 2.45) is 5.73 Å². The van der Waals surface area contributed by atoms with Crippen LogP contribution >= 0.6 is 0 Å². The van der Waals surface area contributed by atoms with Gasteiger partial charge in [0.05, 0.1) is 19.3 Å². The summed E-state index contributed by atoms with van der Waals surface area (Å²) in [5.74, 6) is -0.238. The lowest BCUT2D eigenvalue weighted by atomic mass is 9.97. The van der Waals surface area contributed by atoms with Crippen molar-refractivity contribution in [1.29, 1.82) is 0 Å². The zero-order valence-electron chi connectivity index (χ0n) is 12.0. The van der Waals surface area contributed by atoms with E-state index < -0.39 is 24.3 Å². The molecule has 0 heterocycles. The lowest BCUT2D eigenvalue weighted by Gasteiger charge is -2.21. The SMILES string of the molecule is CCCC[C@@H](O)[C@@H](N)c1ccc(OC(F)(F)F)cc1OC. The maximum atomic E-state index is 12.2. The molecule has 0 radical (unpaired) electrons. The predicted octanol–water partition coefficient (Wildman–Crippen LogP) is 3.14. The highest BCUT2D eigenvalue weighted by Crippen LogP contribution is 2.33. The minimum Gasteiger partial charge on any atom is -0.496 e. The Balaban J connectivity index is 2.92. The first-order valence-corrected chi connectivity index (χ1v) is 6.65. The van der Waals surface area contributed by atoms with E-state index in [9.17, 15) is 18.3 Å². The smallest absolute Gasteiger partial charge is 0.496 e. The number of aliphatic hydroxyl groups excluding tert-OH is 1. The Morgan fingerprint density at radius 2 is 2.00 bits per heavy atom. The number of hydrogen-bond donors (Lipinski definition) is 2. The van der Waals surface area contributed by atoms with Crippen LogP contribution in [0.3, 0.4) is 0 Å². The first-order chi connectivity index (χ1) is 9.78. The molecule has 7 heteroatoms. The van der Waals surface area contributed by atoms with E-state index in [0.29, 0.717) is 12.0 Å². The standard InChI is InChI=1S/C14H20F3NO3/c1-3-4-5-11(19)13(18)10-7-6-9(8-12(10)20-2)21-14(15,16)17/h6-8,11,13,19H,3-5,18H2,1-2H3/t11-,13+/m1/s1. The maximum absolute atomic E-state index is 12.2. The fourth-order valence-electron chi connectivity index (χ4n) is 1.96. The van der Waals surface area contributed by atoms with Crippen LogP contribution in [0.25, 0.3) is 0 Å². The van der Waals surface area contributed by atoms with Crippen molar-refractivity contribution in [3.8, 4) is 11.5 Å². The number of hydrogen-bond acceptors (Lipinski definition) is 4. The highest BCUT2D eigenvalue weighted by Gasteiger charge is 2.31. The molecule has 1 aromatic rings. The van der Waals surface area contributed by atoms with E-state index in [1.807, 2.05) is 6.92 Å². The molecule has 0 spiro atoms. The average Bonchev–Trinajstić information content (AvgIpc) is 2.42. The fraction of sp³-hybridized carbons (Fsp3) is 0.571. The van der Waals surface area contributed by atoms with E-state index in [0.717, 1.165) is 25.0 Å². The molecular weight excluding hydrogens is 287 g/mol. The van der Waals surface area contributed by atoms with Crippen LogP contribution in [0, 0.1) is 0 Å². The Kier molecular flexibility index (Phi) is 6.29. The number of methoxy groups -OCH3 is 1. The number of alkyl halides is 3. The van der Waals surface area contributed by atoms with Gasteiger partial charge < -0.3 is 20.3 Å². The molecule has 0 aliphatic heterocycles. The Morgan fingerprint density at radius 1 is 1.33 bits per heavy atom. The Hall–Kier alpha value is -1.47. The summed E-state index contributed by atoms with van der Waals surface area (Å²) in [6, 6.07) is 2.90.